The minimum atomic E-state index is -3.62. The van der Waals surface area contributed by atoms with Crippen LogP contribution in [0.3, 0.4) is 0 Å². The van der Waals surface area contributed by atoms with Crippen molar-refractivity contribution in [3.05, 3.63) is 29.8 Å². The van der Waals surface area contributed by atoms with E-state index in [4.69, 9.17) is 13.7 Å². The van der Waals surface area contributed by atoms with Gasteiger partial charge in [-0.1, -0.05) is 17.7 Å². The first kappa shape index (κ1) is 18.1. The largest absolute Gasteiger partial charge is 0.381 e. The summed E-state index contributed by atoms with van der Waals surface area (Å²) < 4.78 is 38.0. The van der Waals surface area contributed by atoms with Crippen molar-refractivity contribution in [3.8, 4) is 0 Å². The Bertz CT molecular complexity index is 614. The summed E-state index contributed by atoms with van der Waals surface area (Å²) in [6.45, 7) is 5.81. The van der Waals surface area contributed by atoms with Crippen molar-refractivity contribution in [2.24, 2.45) is 5.92 Å². The molecule has 0 N–H and O–H groups in total. The third-order valence-corrected chi connectivity index (χ3v) is 4.84. The summed E-state index contributed by atoms with van der Waals surface area (Å²) >= 11 is 0. The molecular weight excluding hydrogens is 320 g/mol. The number of ether oxygens (including phenoxy) is 2. The molecule has 0 atom stereocenters. The van der Waals surface area contributed by atoms with Gasteiger partial charge in [0, 0.05) is 12.3 Å². The van der Waals surface area contributed by atoms with E-state index >= 15 is 0 Å². The fourth-order valence-corrected chi connectivity index (χ4v) is 3.07. The maximum Gasteiger partial charge on any atom is 0.297 e. The molecule has 2 heterocycles. The number of ketones is 1. The maximum atomic E-state index is 11.7. The van der Waals surface area contributed by atoms with Gasteiger partial charge in [-0.05, 0) is 26.0 Å². The molecule has 1 aromatic rings. The quantitative estimate of drug-likeness (QED) is 0.758. The van der Waals surface area contributed by atoms with Crippen LogP contribution >= 0.6 is 0 Å². The van der Waals surface area contributed by atoms with Crippen LogP contribution in [0.5, 0.6) is 0 Å². The molecule has 23 heavy (non-hydrogen) atoms. The van der Waals surface area contributed by atoms with Gasteiger partial charge in [0.15, 0.2) is 0 Å². The van der Waals surface area contributed by atoms with Crippen LogP contribution in [0.1, 0.15) is 18.9 Å². The highest BCUT2D eigenvalue weighted by Gasteiger charge is 2.27. The van der Waals surface area contributed by atoms with E-state index in [0.717, 1.165) is 18.8 Å². The Morgan fingerprint density at radius 2 is 1.70 bits per heavy atom. The molecule has 6 nitrogen and oxygen atoms in total. The zero-order valence-electron chi connectivity index (χ0n) is 13.4. The first-order valence-electron chi connectivity index (χ1n) is 7.51. The van der Waals surface area contributed by atoms with E-state index < -0.39 is 10.1 Å². The fraction of sp³-hybridized carbons (Fsp3) is 0.562. The first-order valence-corrected chi connectivity index (χ1v) is 8.92. The number of Topliss-reactive ketones (excluding diaryl/α,β-unsaturated/α-hetero) is 1. The second-order valence-corrected chi connectivity index (χ2v) is 7.40. The summed E-state index contributed by atoms with van der Waals surface area (Å²) in [6, 6.07) is 6.58. The van der Waals surface area contributed by atoms with Crippen molar-refractivity contribution < 1.29 is 26.9 Å². The molecule has 0 bridgehead atoms. The molecule has 0 saturated carbocycles. The van der Waals surface area contributed by atoms with Gasteiger partial charge in [0.05, 0.1) is 31.3 Å². The van der Waals surface area contributed by atoms with Crippen LogP contribution in [-0.4, -0.2) is 46.7 Å². The minimum Gasteiger partial charge on any atom is -0.381 e. The van der Waals surface area contributed by atoms with Gasteiger partial charge in [0.25, 0.3) is 10.1 Å². The molecule has 0 spiro atoms. The van der Waals surface area contributed by atoms with Gasteiger partial charge < -0.3 is 14.3 Å². The number of hydrogen-bond donors (Lipinski definition) is 0. The van der Waals surface area contributed by atoms with Gasteiger partial charge in [-0.15, -0.1) is 0 Å². The van der Waals surface area contributed by atoms with Crippen LogP contribution in [0.15, 0.2) is 29.2 Å². The third kappa shape index (κ3) is 5.69. The Kier molecular flexibility index (Phi) is 6.29. The number of hydrogen-bond acceptors (Lipinski definition) is 6. The lowest BCUT2D eigenvalue weighted by atomic mass is 10.0. The highest BCUT2D eigenvalue weighted by atomic mass is 32.2. The summed E-state index contributed by atoms with van der Waals surface area (Å²) in [7, 11) is -3.62. The summed E-state index contributed by atoms with van der Waals surface area (Å²) in [5.74, 6) is 0.811. The lowest BCUT2D eigenvalue weighted by Gasteiger charge is -2.25. The standard InChI is InChI=1S/C10H12O4S.C6H10O2/c1-8-2-4-10(5-3-8)15(11,12)14-9-6-13-7-9;1-5(7)2-6-3-8-4-6/h2-5,9H,6-7H2,1H3;6H,2-4H2,1H3. The van der Waals surface area contributed by atoms with Gasteiger partial charge in [0.2, 0.25) is 0 Å². The molecule has 0 radical (unpaired) electrons. The highest BCUT2D eigenvalue weighted by Crippen LogP contribution is 2.18. The van der Waals surface area contributed by atoms with E-state index in [9.17, 15) is 13.2 Å². The normalized spacial score (nSPS) is 18.3. The predicted molar refractivity (Wildman–Crippen MR) is 83.7 cm³/mol. The van der Waals surface area contributed by atoms with Crippen LogP contribution in [0.25, 0.3) is 0 Å². The topological polar surface area (TPSA) is 78.9 Å². The molecule has 2 aliphatic heterocycles. The maximum absolute atomic E-state index is 11.7. The lowest BCUT2D eigenvalue weighted by Crippen LogP contribution is -2.37. The predicted octanol–water partition coefficient (Wildman–Crippen LogP) is 1.71. The average Bonchev–Trinajstić information content (AvgIpc) is 2.40. The Hall–Kier alpha value is -1.28. The van der Waals surface area contributed by atoms with Gasteiger partial charge >= 0.3 is 0 Å². The second kappa shape index (κ2) is 8.01. The second-order valence-electron chi connectivity index (χ2n) is 5.83. The molecular formula is C16H22O6S. The van der Waals surface area contributed by atoms with Gasteiger partial charge in [-0.25, -0.2) is 0 Å². The van der Waals surface area contributed by atoms with Crippen molar-refractivity contribution in [3.63, 3.8) is 0 Å². The Morgan fingerprint density at radius 3 is 2.04 bits per heavy atom. The van der Waals surface area contributed by atoms with E-state index in [1.807, 2.05) is 6.92 Å². The molecule has 2 fully saturated rings. The van der Waals surface area contributed by atoms with E-state index in [2.05, 4.69) is 0 Å². The number of carbonyl (C=O) groups excluding carboxylic acids is 1. The molecule has 128 valence electrons. The number of rotatable bonds is 5. The monoisotopic (exact) mass is 342 g/mol. The Morgan fingerprint density at radius 1 is 1.13 bits per heavy atom. The smallest absolute Gasteiger partial charge is 0.297 e. The molecule has 0 aromatic heterocycles. The van der Waals surface area contributed by atoms with Crippen LogP contribution in [0.2, 0.25) is 0 Å². The molecule has 7 heteroatoms. The number of carbonyl (C=O) groups is 1. The Balaban J connectivity index is 0.000000203. The van der Waals surface area contributed by atoms with E-state index in [1.165, 1.54) is 0 Å². The van der Waals surface area contributed by atoms with Crippen LogP contribution < -0.4 is 0 Å². The van der Waals surface area contributed by atoms with Crippen molar-refractivity contribution in [2.45, 2.75) is 31.3 Å². The molecule has 1 aromatic carbocycles. The summed E-state index contributed by atoms with van der Waals surface area (Å²) in [5, 5.41) is 0. The van der Waals surface area contributed by atoms with Crippen molar-refractivity contribution in [2.75, 3.05) is 26.4 Å². The van der Waals surface area contributed by atoms with Gasteiger partial charge in [-0.2, -0.15) is 8.42 Å². The molecule has 0 unspecified atom stereocenters. The zero-order chi connectivity index (χ0) is 16.9. The molecule has 2 aliphatic rings. The molecule has 3 rings (SSSR count). The van der Waals surface area contributed by atoms with Crippen LogP contribution in [0, 0.1) is 12.8 Å². The SMILES string of the molecule is CC(=O)CC1COC1.Cc1ccc(S(=O)(=O)OC2COC2)cc1. The van der Waals surface area contributed by atoms with Gasteiger partial charge in [0.1, 0.15) is 11.9 Å². The minimum absolute atomic E-state index is 0.194. The summed E-state index contributed by atoms with van der Waals surface area (Å²) in [4.78, 5) is 10.6. The van der Waals surface area contributed by atoms with Crippen molar-refractivity contribution >= 4 is 15.9 Å². The number of benzene rings is 1. The third-order valence-electron chi connectivity index (χ3n) is 3.46. The van der Waals surface area contributed by atoms with Crippen LogP contribution in [0.4, 0.5) is 0 Å². The average molecular weight is 342 g/mol. The summed E-state index contributed by atoms with van der Waals surface area (Å²) in [6.07, 6.45) is 0.385. The first-order chi connectivity index (χ1) is 10.9. The molecule has 0 amide bonds. The zero-order valence-corrected chi connectivity index (χ0v) is 14.2. The Labute approximate surface area is 136 Å². The van der Waals surface area contributed by atoms with E-state index in [1.54, 1.807) is 31.2 Å². The van der Waals surface area contributed by atoms with Crippen molar-refractivity contribution in [1.82, 2.24) is 0 Å². The van der Waals surface area contributed by atoms with E-state index in [0.29, 0.717) is 25.6 Å². The number of aryl methyl sites for hydroxylation is 1. The molecule has 0 aliphatic carbocycles. The summed E-state index contributed by atoms with van der Waals surface area (Å²) in [5.41, 5.74) is 1.01. The van der Waals surface area contributed by atoms with E-state index in [-0.39, 0.29) is 16.8 Å². The van der Waals surface area contributed by atoms with Gasteiger partial charge in [-0.3, -0.25) is 4.18 Å². The van der Waals surface area contributed by atoms with Crippen LogP contribution in [-0.2, 0) is 28.6 Å². The highest BCUT2D eigenvalue weighted by molar-refractivity contribution is 7.86. The molecule has 2 saturated heterocycles. The lowest BCUT2D eigenvalue weighted by molar-refractivity contribution is -0.122. The fourth-order valence-electron chi connectivity index (χ4n) is 2.02. The van der Waals surface area contributed by atoms with Crippen molar-refractivity contribution in [1.29, 1.82) is 0 Å².